The predicted molar refractivity (Wildman–Crippen MR) is 79.6 cm³/mol. The monoisotopic (exact) mass is 324 g/mol. The van der Waals surface area contributed by atoms with Gasteiger partial charge >= 0.3 is 0 Å². The molecule has 0 saturated carbocycles. The Morgan fingerprint density at radius 2 is 1.90 bits per heavy atom. The molecule has 1 aromatic carbocycles. The van der Waals surface area contributed by atoms with Crippen LogP contribution in [0.1, 0.15) is 10.4 Å². The van der Waals surface area contributed by atoms with Gasteiger partial charge in [-0.25, -0.2) is 4.98 Å². The molecule has 0 unspecified atom stereocenters. The van der Waals surface area contributed by atoms with Gasteiger partial charge in [0, 0.05) is 18.0 Å². The molecule has 0 bridgehead atoms. The molecule has 108 valence electrons. The molecule has 1 aliphatic rings. The van der Waals surface area contributed by atoms with E-state index in [-0.39, 0.29) is 21.6 Å². The van der Waals surface area contributed by atoms with Crippen molar-refractivity contribution in [3.05, 3.63) is 46.2 Å². The van der Waals surface area contributed by atoms with Crippen LogP contribution in [-0.2, 0) is 0 Å². The van der Waals surface area contributed by atoms with Crippen LogP contribution in [0.2, 0.25) is 10.2 Å². The summed E-state index contributed by atoms with van der Waals surface area (Å²) in [6.07, 6.45) is 1.34. The van der Waals surface area contributed by atoms with Gasteiger partial charge in [0.2, 0.25) is 0 Å². The van der Waals surface area contributed by atoms with E-state index in [1.165, 1.54) is 12.3 Å². The molecular weight excluding hydrogens is 315 g/mol. The van der Waals surface area contributed by atoms with Gasteiger partial charge in [0.25, 0.3) is 5.91 Å². The molecule has 0 fully saturated rings. The van der Waals surface area contributed by atoms with E-state index in [4.69, 9.17) is 32.7 Å². The van der Waals surface area contributed by atoms with Crippen molar-refractivity contribution in [2.45, 2.75) is 0 Å². The first-order valence-electron chi connectivity index (χ1n) is 6.15. The largest absolute Gasteiger partial charge is 0.486 e. The third-order valence-corrected chi connectivity index (χ3v) is 3.37. The molecule has 2 heterocycles. The zero-order valence-corrected chi connectivity index (χ0v) is 12.2. The average molecular weight is 325 g/mol. The van der Waals surface area contributed by atoms with Crippen LogP contribution in [0.25, 0.3) is 0 Å². The number of amides is 1. The van der Waals surface area contributed by atoms with Crippen molar-refractivity contribution < 1.29 is 14.3 Å². The third-order valence-electron chi connectivity index (χ3n) is 2.87. The summed E-state index contributed by atoms with van der Waals surface area (Å²) in [6.45, 7) is 1.00. The van der Waals surface area contributed by atoms with Gasteiger partial charge in [0.15, 0.2) is 11.5 Å². The molecule has 2 aromatic rings. The summed E-state index contributed by atoms with van der Waals surface area (Å²) in [4.78, 5) is 16.0. The molecule has 21 heavy (non-hydrogen) atoms. The minimum atomic E-state index is -0.374. The number of anilines is 1. The van der Waals surface area contributed by atoms with Gasteiger partial charge in [0.1, 0.15) is 18.4 Å². The van der Waals surface area contributed by atoms with Crippen LogP contribution in [0, 0.1) is 0 Å². The number of carbonyl (C=O) groups is 1. The number of aromatic nitrogens is 1. The number of rotatable bonds is 2. The molecule has 0 saturated heterocycles. The fourth-order valence-electron chi connectivity index (χ4n) is 1.91. The normalized spacial score (nSPS) is 12.9. The number of fused-ring (bicyclic) bond motifs is 1. The zero-order valence-electron chi connectivity index (χ0n) is 10.7. The number of ether oxygens (including phenoxy) is 2. The first kappa shape index (κ1) is 14.0. The summed E-state index contributed by atoms with van der Waals surface area (Å²) >= 11 is 11.7. The SMILES string of the molecule is O=C(Nc1ccc2c(c1)OCCO2)c1cc(Cl)ncc1Cl. The molecule has 7 heteroatoms. The van der Waals surface area contributed by atoms with E-state index in [1.807, 2.05) is 0 Å². The van der Waals surface area contributed by atoms with Gasteiger partial charge in [-0.1, -0.05) is 23.2 Å². The third kappa shape index (κ3) is 3.04. The lowest BCUT2D eigenvalue weighted by atomic mass is 10.2. The fourth-order valence-corrected chi connectivity index (χ4v) is 2.25. The van der Waals surface area contributed by atoms with Crippen LogP contribution < -0.4 is 14.8 Å². The second-order valence-electron chi connectivity index (χ2n) is 4.30. The van der Waals surface area contributed by atoms with Gasteiger partial charge in [-0.05, 0) is 18.2 Å². The zero-order chi connectivity index (χ0) is 14.8. The van der Waals surface area contributed by atoms with Crippen LogP contribution in [0.4, 0.5) is 5.69 Å². The summed E-state index contributed by atoms with van der Waals surface area (Å²) in [5.41, 5.74) is 0.833. The lowest BCUT2D eigenvalue weighted by molar-refractivity contribution is 0.102. The Bertz CT molecular complexity index is 707. The minimum absolute atomic E-state index is 0.201. The van der Waals surface area contributed by atoms with Crippen LogP contribution in [0.5, 0.6) is 11.5 Å². The van der Waals surface area contributed by atoms with Crippen LogP contribution in [-0.4, -0.2) is 24.1 Å². The number of hydrogen-bond acceptors (Lipinski definition) is 4. The van der Waals surface area contributed by atoms with Crippen LogP contribution in [0.3, 0.4) is 0 Å². The summed E-state index contributed by atoms with van der Waals surface area (Å²) in [5.74, 6) is 0.878. The molecule has 1 amide bonds. The maximum atomic E-state index is 12.2. The fraction of sp³-hybridized carbons (Fsp3) is 0.143. The van der Waals surface area contributed by atoms with Gasteiger partial charge in [-0.2, -0.15) is 0 Å². The van der Waals surface area contributed by atoms with Crippen molar-refractivity contribution >= 4 is 34.8 Å². The van der Waals surface area contributed by atoms with E-state index in [9.17, 15) is 4.79 Å². The summed E-state index contributed by atoms with van der Waals surface area (Å²) < 4.78 is 10.9. The van der Waals surface area contributed by atoms with Crippen molar-refractivity contribution in [2.24, 2.45) is 0 Å². The number of nitrogens with zero attached hydrogens (tertiary/aromatic N) is 1. The second kappa shape index (κ2) is 5.79. The van der Waals surface area contributed by atoms with E-state index >= 15 is 0 Å². The molecule has 3 rings (SSSR count). The van der Waals surface area contributed by atoms with Crippen molar-refractivity contribution in [1.29, 1.82) is 0 Å². The van der Waals surface area contributed by atoms with Crippen molar-refractivity contribution in [3.8, 4) is 11.5 Å². The molecular formula is C14H10Cl2N2O3. The molecule has 0 atom stereocenters. The minimum Gasteiger partial charge on any atom is -0.486 e. The lowest BCUT2D eigenvalue weighted by Gasteiger charge is -2.19. The maximum Gasteiger partial charge on any atom is 0.257 e. The molecule has 5 nitrogen and oxygen atoms in total. The quantitative estimate of drug-likeness (QED) is 0.860. The predicted octanol–water partition coefficient (Wildman–Crippen LogP) is 3.41. The number of benzene rings is 1. The Hall–Kier alpha value is -1.98. The van der Waals surface area contributed by atoms with E-state index < -0.39 is 0 Å². The highest BCUT2D eigenvalue weighted by molar-refractivity contribution is 6.35. The summed E-state index contributed by atoms with van der Waals surface area (Å²) in [5, 5.41) is 3.16. The number of hydrogen-bond donors (Lipinski definition) is 1. The van der Waals surface area contributed by atoms with Gasteiger partial charge in [0.05, 0.1) is 10.6 Å². The average Bonchev–Trinajstić information content (AvgIpc) is 2.49. The van der Waals surface area contributed by atoms with Crippen LogP contribution >= 0.6 is 23.2 Å². The molecule has 0 spiro atoms. The maximum absolute atomic E-state index is 12.2. The topological polar surface area (TPSA) is 60.5 Å². The van der Waals surface area contributed by atoms with E-state index in [0.29, 0.717) is 30.4 Å². The lowest BCUT2D eigenvalue weighted by Crippen LogP contribution is -2.16. The number of halogens is 2. The standard InChI is InChI=1S/C14H10Cl2N2O3/c15-10-7-17-13(16)6-9(10)14(19)18-8-1-2-11-12(5-8)21-4-3-20-11/h1-2,5-7H,3-4H2,(H,18,19). The molecule has 1 aromatic heterocycles. The van der Waals surface area contributed by atoms with Crippen molar-refractivity contribution in [3.63, 3.8) is 0 Å². The highest BCUT2D eigenvalue weighted by atomic mass is 35.5. The highest BCUT2D eigenvalue weighted by Gasteiger charge is 2.15. The van der Waals surface area contributed by atoms with Crippen molar-refractivity contribution in [2.75, 3.05) is 18.5 Å². The molecule has 1 N–H and O–H groups in total. The van der Waals surface area contributed by atoms with E-state index in [2.05, 4.69) is 10.3 Å². The Kier molecular flexibility index (Phi) is 3.86. The van der Waals surface area contributed by atoms with E-state index in [1.54, 1.807) is 18.2 Å². The summed E-state index contributed by atoms with van der Waals surface area (Å²) in [7, 11) is 0. The Balaban J connectivity index is 1.83. The van der Waals surface area contributed by atoms with Gasteiger partial charge in [-0.15, -0.1) is 0 Å². The number of pyridine rings is 1. The molecule has 0 aliphatic carbocycles. The van der Waals surface area contributed by atoms with Gasteiger partial charge in [-0.3, -0.25) is 4.79 Å². The van der Waals surface area contributed by atoms with Crippen molar-refractivity contribution in [1.82, 2.24) is 4.98 Å². The summed E-state index contributed by atoms with van der Waals surface area (Å²) in [6, 6.07) is 6.58. The smallest absolute Gasteiger partial charge is 0.257 e. The van der Waals surface area contributed by atoms with Gasteiger partial charge < -0.3 is 14.8 Å². The van der Waals surface area contributed by atoms with Crippen LogP contribution in [0.15, 0.2) is 30.5 Å². The Labute approximate surface area is 130 Å². The Morgan fingerprint density at radius 3 is 2.71 bits per heavy atom. The number of nitrogens with one attached hydrogen (secondary N) is 1. The number of carbonyl (C=O) groups excluding carboxylic acids is 1. The second-order valence-corrected chi connectivity index (χ2v) is 5.09. The highest BCUT2D eigenvalue weighted by Crippen LogP contribution is 2.32. The first-order valence-corrected chi connectivity index (χ1v) is 6.91. The first-order chi connectivity index (χ1) is 10.1. The Morgan fingerprint density at radius 1 is 1.14 bits per heavy atom. The van der Waals surface area contributed by atoms with E-state index in [0.717, 1.165) is 0 Å². The molecule has 1 aliphatic heterocycles. The molecule has 0 radical (unpaired) electrons.